The van der Waals surface area contributed by atoms with Crippen LogP contribution in [0, 0.1) is 5.92 Å². The third kappa shape index (κ3) is 4.23. The fourth-order valence-electron chi connectivity index (χ4n) is 3.31. The topological polar surface area (TPSA) is 33.3 Å². The smallest absolute Gasteiger partial charge is 0.0620 e. The van der Waals surface area contributed by atoms with E-state index < -0.39 is 0 Å². The SMILES string of the molecule is CC(CC1COCCN1)NC(C)C1CCCC1. The van der Waals surface area contributed by atoms with Gasteiger partial charge in [-0.25, -0.2) is 0 Å². The number of hydrogen-bond acceptors (Lipinski definition) is 3. The number of morpholine rings is 1. The molecule has 0 spiro atoms. The molecule has 2 N–H and O–H groups in total. The van der Waals surface area contributed by atoms with Crippen LogP contribution in [0.4, 0.5) is 0 Å². The second kappa shape index (κ2) is 6.72. The number of hydrogen-bond donors (Lipinski definition) is 2. The van der Waals surface area contributed by atoms with Gasteiger partial charge in [-0.05, 0) is 39.0 Å². The highest BCUT2D eigenvalue weighted by molar-refractivity contribution is 4.82. The lowest BCUT2D eigenvalue weighted by molar-refractivity contribution is 0.0705. The molecular weight excluding hydrogens is 212 g/mol. The molecule has 3 unspecified atom stereocenters. The average molecular weight is 240 g/mol. The molecule has 1 aliphatic heterocycles. The zero-order valence-corrected chi connectivity index (χ0v) is 11.4. The van der Waals surface area contributed by atoms with E-state index in [2.05, 4.69) is 24.5 Å². The molecule has 0 aromatic carbocycles. The molecule has 2 fully saturated rings. The van der Waals surface area contributed by atoms with E-state index in [1.165, 1.54) is 32.1 Å². The average Bonchev–Trinajstić information content (AvgIpc) is 2.83. The van der Waals surface area contributed by atoms with Crippen molar-refractivity contribution in [3.05, 3.63) is 0 Å². The van der Waals surface area contributed by atoms with E-state index in [1.807, 2.05) is 0 Å². The molecule has 3 heteroatoms. The van der Waals surface area contributed by atoms with Crippen LogP contribution in [0.5, 0.6) is 0 Å². The Hall–Kier alpha value is -0.120. The molecule has 1 saturated heterocycles. The standard InChI is InChI=1S/C14H28N2O/c1-11(9-14-10-17-8-7-15-14)16-12(2)13-5-3-4-6-13/h11-16H,3-10H2,1-2H3. The minimum Gasteiger partial charge on any atom is -0.379 e. The number of nitrogens with one attached hydrogen (secondary N) is 2. The highest BCUT2D eigenvalue weighted by Gasteiger charge is 2.23. The molecule has 17 heavy (non-hydrogen) atoms. The molecule has 0 aromatic rings. The summed E-state index contributed by atoms with van der Waals surface area (Å²) in [4.78, 5) is 0. The van der Waals surface area contributed by atoms with Gasteiger partial charge < -0.3 is 15.4 Å². The first-order valence-corrected chi connectivity index (χ1v) is 7.33. The third-order valence-corrected chi connectivity index (χ3v) is 4.29. The summed E-state index contributed by atoms with van der Waals surface area (Å²) < 4.78 is 5.50. The predicted molar refractivity (Wildman–Crippen MR) is 71.2 cm³/mol. The first kappa shape index (κ1) is 13.3. The first-order chi connectivity index (χ1) is 8.25. The van der Waals surface area contributed by atoms with Gasteiger partial charge in [0.15, 0.2) is 0 Å². The molecule has 0 aromatic heterocycles. The van der Waals surface area contributed by atoms with E-state index in [0.717, 1.165) is 25.7 Å². The van der Waals surface area contributed by atoms with Crippen LogP contribution in [0.1, 0.15) is 46.0 Å². The maximum atomic E-state index is 5.50. The van der Waals surface area contributed by atoms with Gasteiger partial charge >= 0.3 is 0 Å². The van der Waals surface area contributed by atoms with Crippen LogP contribution < -0.4 is 10.6 Å². The first-order valence-electron chi connectivity index (χ1n) is 7.33. The van der Waals surface area contributed by atoms with Crippen molar-refractivity contribution in [2.75, 3.05) is 19.8 Å². The molecule has 0 radical (unpaired) electrons. The van der Waals surface area contributed by atoms with E-state index in [0.29, 0.717) is 18.1 Å². The van der Waals surface area contributed by atoms with Crippen LogP contribution in [0.15, 0.2) is 0 Å². The van der Waals surface area contributed by atoms with Crippen LogP contribution in [-0.4, -0.2) is 37.9 Å². The van der Waals surface area contributed by atoms with Gasteiger partial charge in [-0.15, -0.1) is 0 Å². The van der Waals surface area contributed by atoms with E-state index >= 15 is 0 Å². The summed E-state index contributed by atoms with van der Waals surface area (Å²) in [6.45, 7) is 7.43. The molecule has 3 atom stereocenters. The van der Waals surface area contributed by atoms with Crippen molar-refractivity contribution < 1.29 is 4.74 Å². The molecule has 1 heterocycles. The lowest BCUT2D eigenvalue weighted by atomic mass is 9.98. The lowest BCUT2D eigenvalue weighted by Gasteiger charge is -2.30. The Bertz CT molecular complexity index is 210. The van der Waals surface area contributed by atoms with Crippen LogP contribution in [-0.2, 0) is 4.74 Å². The molecular formula is C14H28N2O. The second-order valence-electron chi connectivity index (χ2n) is 5.86. The summed E-state index contributed by atoms with van der Waals surface area (Å²) in [7, 11) is 0. The van der Waals surface area contributed by atoms with Gasteiger partial charge in [0, 0.05) is 24.7 Å². The van der Waals surface area contributed by atoms with Crippen LogP contribution in [0.25, 0.3) is 0 Å². The fourth-order valence-corrected chi connectivity index (χ4v) is 3.31. The zero-order chi connectivity index (χ0) is 12.1. The van der Waals surface area contributed by atoms with E-state index in [4.69, 9.17) is 4.74 Å². The highest BCUT2D eigenvalue weighted by atomic mass is 16.5. The monoisotopic (exact) mass is 240 g/mol. The van der Waals surface area contributed by atoms with E-state index in [9.17, 15) is 0 Å². The Morgan fingerprint density at radius 2 is 2.06 bits per heavy atom. The minimum absolute atomic E-state index is 0.544. The lowest BCUT2D eigenvalue weighted by Crippen LogP contribution is -2.47. The Morgan fingerprint density at radius 1 is 1.29 bits per heavy atom. The van der Waals surface area contributed by atoms with Crippen LogP contribution >= 0.6 is 0 Å². The molecule has 100 valence electrons. The Labute approximate surface area is 106 Å². The molecule has 1 aliphatic carbocycles. The van der Waals surface area contributed by atoms with Crippen molar-refractivity contribution in [1.29, 1.82) is 0 Å². The number of ether oxygens (including phenoxy) is 1. The van der Waals surface area contributed by atoms with Gasteiger partial charge in [-0.2, -0.15) is 0 Å². The quantitative estimate of drug-likeness (QED) is 0.770. The van der Waals surface area contributed by atoms with Crippen molar-refractivity contribution >= 4 is 0 Å². The van der Waals surface area contributed by atoms with Gasteiger partial charge in [-0.3, -0.25) is 0 Å². The normalized spacial score (nSPS) is 30.4. The Kier molecular flexibility index (Phi) is 5.26. The van der Waals surface area contributed by atoms with Gasteiger partial charge in [0.2, 0.25) is 0 Å². The molecule has 2 aliphatic rings. The Morgan fingerprint density at radius 3 is 2.71 bits per heavy atom. The highest BCUT2D eigenvalue weighted by Crippen LogP contribution is 2.27. The van der Waals surface area contributed by atoms with Crippen molar-refractivity contribution in [3.8, 4) is 0 Å². The van der Waals surface area contributed by atoms with Gasteiger partial charge in [-0.1, -0.05) is 12.8 Å². The van der Waals surface area contributed by atoms with E-state index in [1.54, 1.807) is 0 Å². The second-order valence-corrected chi connectivity index (χ2v) is 5.86. The molecule has 2 rings (SSSR count). The summed E-state index contributed by atoms with van der Waals surface area (Å²) in [5.74, 6) is 0.910. The molecule has 0 bridgehead atoms. The van der Waals surface area contributed by atoms with Crippen molar-refractivity contribution in [1.82, 2.24) is 10.6 Å². The molecule has 3 nitrogen and oxygen atoms in total. The summed E-state index contributed by atoms with van der Waals surface area (Å²) in [6, 6.07) is 1.81. The maximum Gasteiger partial charge on any atom is 0.0620 e. The summed E-state index contributed by atoms with van der Waals surface area (Å²) in [6.07, 6.45) is 6.89. The fraction of sp³-hybridized carbons (Fsp3) is 1.00. The minimum atomic E-state index is 0.544. The Balaban J connectivity index is 1.66. The predicted octanol–water partition coefficient (Wildman–Crippen LogP) is 1.92. The summed E-state index contributed by atoms with van der Waals surface area (Å²) in [5.41, 5.74) is 0. The van der Waals surface area contributed by atoms with Gasteiger partial charge in [0.05, 0.1) is 13.2 Å². The summed E-state index contributed by atoms with van der Waals surface area (Å²) >= 11 is 0. The largest absolute Gasteiger partial charge is 0.379 e. The van der Waals surface area contributed by atoms with Gasteiger partial charge in [0.25, 0.3) is 0 Å². The molecule has 0 amide bonds. The van der Waals surface area contributed by atoms with Crippen molar-refractivity contribution in [2.45, 2.75) is 64.1 Å². The maximum absolute atomic E-state index is 5.50. The van der Waals surface area contributed by atoms with Crippen LogP contribution in [0.3, 0.4) is 0 Å². The summed E-state index contributed by atoms with van der Waals surface area (Å²) in [5, 5.41) is 7.30. The zero-order valence-electron chi connectivity index (χ0n) is 11.4. The van der Waals surface area contributed by atoms with Gasteiger partial charge in [0.1, 0.15) is 0 Å². The van der Waals surface area contributed by atoms with Crippen LogP contribution in [0.2, 0.25) is 0 Å². The van der Waals surface area contributed by atoms with Crippen molar-refractivity contribution in [3.63, 3.8) is 0 Å². The molecule has 1 saturated carbocycles. The number of rotatable bonds is 5. The third-order valence-electron chi connectivity index (χ3n) is 4.29. The van der Waals surface area contributed by atoms with E-state index in [-0.39, 0.29) is 0 Å². The van der Waals surface area contributed by atoms with Crippen molar-refractivity contribution in [2.24, 2.45) is 5.92 Å².